The topological polar surface area (TPSA) is 78.9 Å². The Labute approximate surface area is 119 Å². The highest BCUT2D eigenvalue weighted by molar-refractivity contribution is 5.76. The van der Waals surface area contributed by atoms with Crippen molar-refractivity contribution in [3.63, 3.8) is 0 Å². The van der Waals surface area contributed by atoms with Gasteiger partial charge >= 0.3 is 5.97 Å². The van der Waals surface area contributed by atoms with Gasteiger partial charge in [-0.25, -0.2) is 0 Å². The molecule has 2 heterocycles. The number of hydrogen-bond acceptors (Lipinski definition) is 4. The van der Waals surface area contributed by atoms with Gasteiger partial charge in [0.05, 0.1) is 19.1 Å². The van der Waals surface area contributed by atoms with Crippen LogP contribution in [0.15, 0.2) is 0 Å². The fourth-order valence-electron chi connectivity index (χ4n) is 3.22. The maximum Gasteiger partial charge on any atom is 0.310 e. The fraction of sp³-hybridized carbons (Fsp3) is 0.857. The molecule has 3 atom stereocenters. The minimum Gasteiger partial charge on any atom is -0.481 e. The number of ether oxygens (including phenoxy) is 1. The number of hydrogen-bond donors (Lipinski definition) is 2. The molecule has 1 amide bonds. The van der Waals surface area contributed by atoms with Gasteiger partial charge in [0.1, 0.15) is 0 Å². The van der Waals surface area contributed by atoms with Crippen molar-refractivity contribution in [1.82, 2.24) is 10.2 Å². The van der Waals surface area contributed by atoms with E-state index in [0.29, 0.717) is 13.0 Å². The number of carbonyl (C=O) groups is 2. The van der Waals surface area contributed by atoms with E-state index in [2.05, 4.69) is 17.1 Å². The van der Waals surface area contributed by atoms with Gasteiger partial charge in [-0.1, -0.05) is 6.92 Å². The van der Waals surface area contributed by atoms with Gasteiger partial charge in [0, 0.05) is 25.0 Å². The normalized spacial score (nSPS) is 31.1. The molecule has 2 fully saturated rings. The number of carboxylic acids is 1. The van der Waals surface area contributed by atoms with Crippen LogP contribution in [-0.4, -0.2) is 60.3 Å². The maximum absolute atomic E-state index is 11.7. The molecule has 114 valence electrons. The number of amides is 1. The van der Waals surface area contributed by atoms with Crippen molar-refractivity contribution in [2.45, 2.75) is 44.7 Å². The minimum atomic E-state index is -0.799. The Morgan fingerprint density at radius 1 is 1.50 bits per heavy atom. The third-order valence-electron chi connectivity index (χ3n) is 4.20. The summed E-state index contributed by atoms with van der Waals surface area (Å²) in [4.78, 5) is 25.3. The fourth-order valence-corrected chi connectivity index (χ4v) is 3.22. The predicted octanol–water partition coefficient (Wildman–Crippen LogP) is 0.467. The lowest BCUT2D eigenvalue weighted by atomic mass is 9.97. The van der Waals surface area contributed by atoms with Gasteiger partial charge in [0.2, 0.25) is 5.91 Å². The quantitative estimate of drug-likeness (QED) is 0.767. The van der Waals surface area contributed by atoms with Crippen LogP contribution in [0, 0.1) is 5.92 Å². The monoisotopic (exact) mass is 284 g/mol. The van der Waals surface area contributed by atoms with Gasteiger partial charge in [0.25, 0.3) is 0 Å². The zero-order valence-electron chi connectivity index (χ0n) is 12.0. The first-order valence-electron chi connectivity index (χ1n) is 7.46. The number of aliphatic carboxylic acids is 1. The van der Waals surface area contributed by atoms with Crippen molar-refractivity contribution >= 4 is 11.9 Å². The highest BCUT2D eigenvalue weighted by atomic mass is 16.5. The van der Waals surface area contributed by atoms with Gasteiger partial charge in [-0.15, -0.1) is 0 Å². The second-order valence-electron chi connectivity index (χ2n) is 5.64. The van der Waals surface area contributed by atoms with E-state index < -0.39 is 11.9 Å². The van der Waals surface area contributed by atoms with E-state index in [1.54, 1.807) is 0 Å². The zero-order chi connectivity index (χ0) is 14.5. The molecule has 0 saturated carbocycles. The van der Waals surface area contributed by atoms with Crippen LogP contribution in [-0.2, 0) is 14.3 Å². The first kappa shape index (κ1) is 15.3. The van der Waals surface area contributed by atoms with Crippen molar-refractivity contribution in [1.29, 1.82) is 0 Å². The molecule has 2 rings (SSSR count). The third-order valence-corrected chi connectivity index (χ3v) is 4.20. The van der Waals surface area contributed by atoms with E-state index in [1.807, 2.05) is 0 Å². The first-order chi connectivity index (χ1) is 9.63. The number of nitrogens with zero attached hydrogens (tertiary/aromatic N) is 1. The Hall–Kier alpha value is -1.14. The van der Waals surface area contributed by atoms with Crippen LogP contribution in [0.1, 0.15) is 32.6 Å². The van der Waals surface area contributed by atoms with Gasteiger partial charge < -0.3 is 15.2 Å². The minimum absolute atomic E-state index is 0.0689. The molecule has 20 heavy (non-hydrogen) atoms. The molecule has 6 nitrogen and oxygen atoms in total. The van der Waals surface area contributed by atoms with E-state index in [9.17, 15) is 14.7 Å². The molecular weight excluding hydrogens is 260 g/mol. The lowest BCUT2D eigenvalue weighted by Crippen LogP contribution is -2.49. The summed E-state index contributed by atoms with van der Waals surface area (Å²) in [7, 11) is 0. The molecule has 0 aliphatic carbocycles. The molecule has 2 saturated heterocycles. The molecule has 0 aromatic carbocycles. The van der Waals surface area contributed by atoms with Gasteiger partial charge in [0.15, 0.2) is 0 Å². The summed E-state index contributed by atoms with van der Waals surface area (Å²) < 4.78 is 5.38. The number of nitrogens with one attached hydrogen (secondary N) is 1. The Kier molecular flexibility index (Phi) is 5.37. The van der Waals surface area contributed by atoms with Crippen LogP contribution in [0.3, 0.4) is 0 Å². The number of carbonyl (C=O) groups excluding carboxylic acids is 1. The van der Waals surface area contributed by atoms with Crippen molar-refractivity contribution in [3.05, 3.63) is 0 Å². The summed E-state index contributed by atoms with van der Waals surface area (Å²) >= 11 is 0. The van der Waals surface area contributed by atoms with Crippen LogP contribution in [0.5, 0.6) is 0 Å². The van der Waals surface area contributed by atoms with Crippen molar-refractivity contribution < 1.29 is 19.4 Å². The van der Waals surface area contributed by atoms with Crippen molar-refractivity contribution in [2.75, 3.05) is 26.3 Å². The highest BCUT2D eigenvalue weighted by Gasteiger charge is 2.40. The summed E-state index contributed by atoms with van der Waals surface area (Å²) in [6.07, 6.45) is 3.29. The Bertz CT molecular complexity index is 361. The molecule has 0 radical (unpaired) electrons. The van der Waals surface area contributed by atoms with Crippen LogP contribution >= 0.6 is 0 Å². The van der Waals surface area contributed by atoms with E-state index in [4.69, 9.17) is 4.74 Å². The molecule has 0 spiro atoms. The molecule has 2 N–H and O–H groups in total. The summed E-state index contributed by atoms with van der Waals surface area (Å²) in [5.41, 5.74) is 0. The highest BCUT2D eigenvalue weighted by Crippen LogP contribution is 2.26. The Morgan fingerprint density at radius 3 is 3.00 bits per heavy atom. The summed E-state index contributed by atoms with van der Waals surface area (Å²) in [6.45, 7) is 4.35. The van der Waals surface area contributed by atoms with E-state index in [1.165, 1.54) is 0 Å². The van der Waals surface area contributed by atoms with Crippen molar-refractivity contribution in [2.24, 2.45) is 5.92 Å². The molecule has 2 aliphatic heterocycles. The summed E-state index contributed by atoms with van der Waals surface area (Å²) in [6, 6.07) is 0.0225. The summed E-state index contributed by atoms with van der Waals surface area (Å²) in [5.74, 6) is -1.21. The van der Waals surface area contributed by atoms with E-state index in [0.717, 1.165) is 32.4 Å². The number of rotatable bonds is 5. The Balaban J connectivity index is 2.12. The molecule has 2 aliphatic rings. The second kappa shape index (κ2) is 7.04. The van der Waals surface area contributed by atoms with Gasteiger partial charge in [-0.3, -0.25) is 14.5 Å². The smallest absolute Gasteiger partial charge is 0.310 e. The third kappa shape index (κ3) is 3.49. The van der Waals surface area contributed by atoms with Crippen molar-refractivity contribution in [3.8, 4) is 0 Å². The molecule has 0 aromatic rings. The molecule has 0 bridgehead atoms. The maximum atomic E-state index is 11.7. The average molecular weight is 284 g/mol. The molecule has 3 unspecified atom stereocenters. The molecule has 0 aromatic heterocycles. The van der Waals surface area contributed by atoms with Gasteiger partial charge in [-0.05, 0) is 25.8 Å². The zero-order valence-corrected chi connectivity index (χ0v) is 12.0. The summed E-state index contributed by atoms with van der Waals surface area (Å²) in [5, 5.41) is 12.2. The SMILES string of the molecule is CCCN(C1CCCNC(=O)C1)C1COCC1C(=O)O. The number of carboxylic acid groups (broad SMARTS) is 1. The van der Waals surface area contributed by atoms with Crippen LogP contribution < -0.4 is 5.32 Å². The molecular formula is C14H24N2O4. The first-order valence-corrected chi connectivity index (χ1v) is 7.46. The van der Waals surface area contributed by atoms with E-state index >= 15 is 0 Å². The average Bonchev–Trinajstić information content (AvgIpc) is 2.79. The Morgan fingerprint density at radius 2 is 2.30 bits per heavy atom. The van der Waals surface area contributed by atoms with Gasteiger partial charge in [-0.2, -0.15) is 0 Å². The molecule has 6 heteroatoms. The van der Waals surface area contributed by atoms with Crippen LogP contribution in [0.2, 0.25) is 0 Å². The van der Waals surface area contributed by atoms with Crippen LogP contribution in [0.25, 0.3) is 0 Å². The second-order valence-corrected chi connectivity index (χ2v) is 5.64. The largest absolute Gasteiger partial charge is 0.481 e. The lowest BCUT2D eigenvalue weighted by molar-refractivity contribution is -0.143. The van der Waals surface area contributed by atoms with E-state index in [-0.39, 0.29) is 24.6 Å². The van der Waals surface area contributed by atoms with Crippen LogP contribution in [0.4, 0.5) is 0 Å². The predicted molar refractivity (Wildman–Crippen MR) is 73.4 cm³/mol. The lowest BCUT2D eigenvalue weighted by Gasteiger charge is -2.36. The standard InChI is InChI=1S/C14H24N2O4/c1-2-6-16(10-4-3-5-15-13(17)7-10)12-9-20-8-11(12)14(18)19/h10-12H,2-9H2,1H3,(H,15,17)(H,18,19).